The van der Waals surface area contributed by atoms with Crippen molar-refractivity contribution in [1.82, 2.24) is 14.5 Å². The zero-order chi connectivity index (χ0) is 21.3. The summed E-state index contributed by atoms with van der Waals surface area (Å²) in [6.45, 7) is 7.47. The molecular formula is C22H27N5O2S. The highest BCUT2D eigenvalue weighted by atomic mass is 32.2. The molecule has 0 spiro atoms. The number of nitrogens with zero attached hydrogens (tertiary/aromatic N) is 4. The number of nitrogens with one attached hydrogen (secondary N) is 1. The third-order valence-corrected chi connectivity index (χ3v) is 6.96. The van der Waals surface area contributed by atoms with Crippen LogP contribution in [0.4, 0.5) is 11.4 Å². The summed E-state index contributed by atoms with van der Waals surface area (Å²) in [4.78, 5) is 9.18. The van der Waals surface area contributed by atoms with Gasteiger partial charge in [-0.1, -0.05) is 18.2 Å². The van der Waals surface area contributed by atoms with E-state index in [-0.39, 0.29) is 4.90 Å². The second-order valence-electron chi connectivity index (χ2n) is 7.82. The first-order valence-electron chi connectivity index (χ1n) is 10.00. The second kappa shape index (κ2) is 8.12. The van der Waals surface area contributed by atoms with Gasteiger partial charge in [0.05, 0.1) is 28.3 Å². The molecule has 1 aliphatic heterocycles. The number of imidazole rings is 1. The van der Waals surface area contributed by atoms with Gasteiger partial charge in [0.15, 0.2) is 0 Å². The molecule has 1 saturated heterocycles. The Morgan fingerprint density at radius 3 is 2.33 bits per heavy atom. The molecule has 7 nitrogen and oxygen atoms in total. The molecule has 2 heterocycles. The molecule has 1 fully saturated rings. The number of anilines is 2. The molecule has 3 aromatic rings. The molecule has 30 heavy (non-hydrogen) atoms. The van der Waals surface area contributed by atoms with Crippen molar-refractivity contribution in [2.45, 2.75) is 18.7 Å². The average molecular weight is 426 g/mol. The molecule has 1 N–H and O–H groups in total. The van der Waals surface area contributed by atoms with Gasteiger partial charge in [0.2, 0.25) is 0 Å². The summed E-state index contributed by atoms with van der Waals surface area (Å²) in [5.74, 6) is 0. The number of likely N-dealkylation sites (N-methyl/N-ethyl adjacent to an activating group) is 1. The van der Waals surface area contributed by atoms with Crippen LogP contribution in [0.15, 0.2) is 59.9 Å². The van der Waals surface area contributed by atoms with Gasteiger partial charge >= 0.3 is 0 Å². The Morgan fingerprint density at radius 2 is 1.67 bits per heavy atom. The highest BCUT2D eigenvalue weighted by Gasteiger charge is 2.20. The van der Waals surface area contributed by atoms with E-state index in [1.54, 1.807) is 31.5 Å². The van der Waals surface area contributed by atoms with Crippen molar-refractivity contribution in [2.24, 2.45) is 0 Å². The van der Waals surface area contributed by atoms with E-state index in [4.69, 9.17) is 0 Å². The number of rotatable bonds is 5. The lowest BCUT2D eigenvalue weighted by atomic mass is 10.2. The fourth-order valence-electron chi connectivity index (χ4n) is 3.68. The normalized spacial score (nSPS) is 15.4. The predicted molar refractivity (Wildman–Crippen MR) is 120 cm³/mol. The molecule has 1 aromatic heterocycles. The average Bonchev–Trinajstić information content (AvgIpc) is 3.14. The summed E-state index contributed by atoms with van der Waals surface area (Å²) < 4.78 is 30.8. The van der Waals surface area contributed by atoms with Crippen LogP contribution < -0.4 is 9.62 Å². The zero-order valence-electron chi connectivity index (χ0n) is 17.5. The first-order valence-corrected chi connectivity index (χ1v) is 11.5. The van der Waals surface area contributed by atoms with Gasteiger partial charge in [0.25, 0.3) is 10.0 Å². The van der Waals surface area contributed by atoms with Crippen LogP contribution in [-0.2, 0) is 10.0 Å². The van der Waals surface area contributed by atoms with Crippen molar-refractivity contribution in [3.8, 4) is 5.69 Å². The van der Waals surface area contributed by atoms with Crippen molar-refractivity contribution in [2.75, 3.05) is 42.8 Å². The van der Waals surface area contributed by atoms with Crippen molar-refractivity contribution in [3.63, 3.8) is 0 Å². The van der Waals surface area contributed by atoms with Crippen molar-refractivity contribution in [1.29, 1.82) is 0 Å². The van der Waals surface area contributed by atoms with E-state index in [2.05, 4.69) is 32.6 Å². The monoisotopic (exact) mass is 425 g/mol. The summed E-state index contributed by atoms with van der Waals surface area (Å²) in [7, 11) is -1.58. The Labute approximate surface area is 178 Å². The minimum atomic E-state index is -3.70. The Kier molecular flexibility index (Phi) is 5.53. The number of benzene rings is 2. The van der Waals surface area contributed by atoms with Gasteiger partial charge in [0, 0.05) is 38.1 Å². The maximum atomic E-state index is 13.1. The summed E-state index contributed by atoms with van der Waals surface area (Å²) in [6.07, 6.45) is 3.68. The van der Waals surface area contributed by atoms with E-state index in [9.17, 15) is 8.42 Å². The van der Waals surface area contributed by atoms with Crippen LogP contribution >= 0.6 is 0 Å². The van der Waals surface area contributed by atoms with E-state index in [1.807, 2.05) is 35.9 Å². The Bertz CT molecular complexity index is 1150. The molecule has 0 saturated carbocycles. The van der Waals surface area contributed by atoms with Crippen molar-refractivity contribution in [3.05, 3.63) is 66.2 Å². The minimum Gasteiger partial charge on any atom is -0.369 e. The summed E-state index contributed by atoms with van der Waals surface area (Å²) in [5, 5.41) is 0. The van der Waals surface area contributed by atoms with Gasteiger partial charge in [0.1, 0.15) is 0 Å². The number of aryl methyl sites for hydroxylation is 2. The fourth-order valence-corrected chi connectivity index (χ4v) is 4.97. The fraction of sp³-hybridized carbons (Fsp3) is 0.318. The van der Waals surface area contributed by atoms with Crippen LogP contribution in [0.5, 0.6) is 0 Å². The molecule has 1 aliphatic rings. The van der Waals surface area contributed by atoms with Crippen LogP contribution in [0.3, 0.4) is 0 Å². The van der Waals surface area contributed by atoms with Gasteiger partial charge < -0.3 is 14.4 Å². The topological polar surface area (TPSA) is 70.5 Å². The first-order chi connectivity index (χ1) is 14.3. The van der Waals surface area contributed by atoms with Crippen molar-refractivity contribution < 1.29 is 8.42 Å². The SMILES string of the molecule is Cc1cn(-c2cc(NS(=O)(=O)c3ccccc3C)cc(N3CCN(C)CC3)c2)cn1. The molecular weight excluding hydrogens is 398 g/mol. The minimum absolute atomic E-state index is 0.287. The summed E-state index contributed by atoms with van der Waals surface area (Å²) in [6, 6.07) is 12.8. The smallest absolute Gasteiger partial charge is 0.262 e. The molecule has 8 heteroatoms. The quantitative estimate of drug-likeness (QED) is 0.680. The molecule has 0 atom stereocenters. The lowest BCUT2D eigenvalue weighted by Gasteiger charge is -2.34. The summed E-state index contributed by atoms with van der Waals surface area (Å²) in [5.41, 5.74) is 4.02. The van der Waals surface area contributed by atoms with Gasteiger partial charge in [-0.25, -0.2) is 13.4 Å². The number of hydrogen-bond donors (Lipinski definition) is 1. The number of sulfonamides is 1. The molecule has 0 radical (unpaired) electrons. The van der Waals surface area contributed by atoms with Gasteiger partial charge in [-0.15, -0.1) is 0 Å². The Morgan fingerprint density at radius 1 is 0.967 bits per heavy atom. The molecule has 2 aromatic carbocycles. The second-order valence-corrected chi connectivity index (χ2v) is 9.47. The molecule has 4 rings (SSSR count). The van der Waals surface area contributed by atoms with Gasteiger partial charge in [-0.05, 0) is 50.7 Å². The Balaban J connectivity index is 1.73. The zero-order valence-corrected chi connectivity index (χ0v) is 18.4. The van der Waals surface area contributed by atoms with E-state index in [0.29, 0.717) is 11.3 Å². The van der Waals surface area contributed by atoms with Crippen molar-refractivity contribution >= 4 is 21.4 Å². The molecule has 0 unspecified atom stereocenters. The molecule has 0 bridgehead atoms. The third-order valence-electron chi connectivity index (χ3n) is 5.42. The standard InChI is InChI=1S/C22H27N5O2S/c1-17-6-4-5-7-22(17)30(28,29)24-19-12-20(26-10-8-25(3)9-11-26)14-21(13-19)27-15-18(2)23-16-27/h4-7,12-16,24H,8-11H2,1-3H3. The van der Waals surface area contributed by atoms with E-state index < -0.39 is 10.0 Å². The predicted octanol–water partition coefficient (Wildman–Crippen LogP) is 3.04. The highest BCUT2D eigenvalue weighted by Crippen LogP contribution is 2.28. The number of piperazine rings is 1. The molecule has 0 aliphatic carbocycles. The summed E-state index contributed by atoms with van der Waals surface area (Å²) >= 11 is 0. The lowest BCUT2D eigenvalue weighted by Crippen LogP contribution is -2.44. The van der Waals surface area contributed by atoms with Gasteiger partial charge in [-0.3, -0.25) is 4.72 Å². The first kappa shape index (κ1) is 20.4. The maximum absolute atomic E-state index is 13.1. The Hall–Kier alpha value is -2.84. The van der Waals surface area contributed by atoms with Crippen LogP contribution in [-0.4, -0.2) is 56.1 Å². The maximum Gasteiger partial charge on any atom is 0.262 e. The van der Waals surface area contributed by atoms with E-state index in [0.717, 1.165) is 43.2 Å². The third kappa shape index (κ3) is 4.34. The van der Waals surface area contributed by atoms with Crippen LogP contribution in [0.25, 0.3) is 5.69 Å². The molecule has 0 amide bonds. The number of hydrogen-bond acceptors (Lipinski definition) is 5. The highest BCUT2D eigenvalue weighted by molar-refractivity contribution is 7.92. The molecule has 158 valence electrons. The lowest BCUT2D eigenvalue weighted by molar-refractivity contribution is 0.313. The van der Waals surface area contributed by atoms with Crippen LogP contribution in [0.1, 0.15) is 11.3 Å². The van der Waals surface area contributed by atoms with Crippen LogP contribution in [0, 0.1) is 13.8 Å². The van der Waals surface area contributed by atoms with Gasteiger partial charge in [-0.2, -0.15) is 0 Å². The van der Waals surface area contributed by atoms with E-state index >= 15 is 0 Å². The largest absolute Gasteiger partial charge is 0.369 e. The van der Waals surface area contributed by atoms with E-state index in [1.165, 1.54) is 0 Å². The number of aromatic nitrogens is 2. The van der Waals surface area contributed by atoms with Crippen LogP contribution in [0.2, 0.25) is 0 Å².